The predicted octanol–water partition coefficient (Wildman–Crippen LogP) is 1.66. The van der Waals surface area contributed by atoms with Crippen LogP contribution in [-0.2, 0) is 9.53 Å². The highest BCUT2D eigenvalue weighted by molar-refractivity contribution is 5.70. The SMILES string of the molecule is CC=CC1CCCC(=O)O1. The second kappa shape index (κ2) is 3.40. The van der Waals surface area contributed by atoms with Gasteiger partial charge in [-0.15, -0.1) is 0 Å². The second-order valence-corrected chi connectivity index (χ2v) is 2.45. The molecule has 0 N–H and O–H groups in total. The van der Waals surface area contributed by atoms with Gasteiger partial charge in [-0.25, -0.2) is 0 Å². The molecule has 1 aliphatic heterocycles. The maximum absolute atomic E-state index is 10.7. The van der Waals surface area contributed by atoms with E-state index in [4.69, 9.17) is 4.74 Å². The molecular weight excluding hydrogens is 128 g/mol. The van der Waals surface area contributed by atoms with Gasteiger partial charge in [0.1, 0.15) is 6.10 Å². The van der Waals surface area contributed by atoms with E-state index in [1.165, 1.54) is 0 Å². The van der Waals surface area contributed by atoms with Crippen molar-refractivity contribution in [2.75, 3.05) is 0 Å². The molecule has 0 aromatic heterocycles. The first-order valence-corrected chi connectivity index (χ1v) is 3.65. The van der Waals surface area contributed by atoms with E-state index in [0.717, 1.165) is 12.8 Å². The van der Waals surface area contributed by atoms with E-state index in [1.54, 1.807) is 0 Å². The van der Waals surface area contributed by atoms with E-state index < -0.39 is 0 Å². The summed E-state index contributed by atoms with van der Waals surface area (Å²) >= 11 is 0. The minimum absolute atomic E-state index is 0.0475. The number of carbonyl (C=O) groups is 1. The quantitative estimate of drug-likeness (QED) is 0.409. The van der Waals surface area contributed by atoms with Gasteiger partial charge in [-0.1, -0.05) is 6.08 Å². The second-order valence-electron chi connectivity index (χ2n) is 2.45. The van der Waals surface area contributed by atoms with Crippen molar-refractivity contribution >= 4 is 5.97 Å². The van der Waals surface area contributed by atoms with Crippen LogP contribution in [0, 0.1) is 0 Å². The van der Waals surface area contributed by atoms with Gasteiger partial charge in [0.15, 0.2) is 0 Å². The summed E-state index contributed by atoms with van der Waals surface area (Å²) in [5.74, 6) is -0.0608. The van der Waals surface area contributed by atoms with Crippen molar-refractivity contribution < 1.29 is 9.53 Å². The van der Waals surface area contributed by atoms with E-state index >= 15 is 0 Å². The number of hydrogen-bond donors (Lipinski definition) is 0. The lowest BCUT2D eigenvalue weighted by Gasteiger charge is -2.18. The van der Waals surface area contributed by atoms with Crippen LogP contribution < -0.4 is 0 Å². The predicted molar refractivity (Wildman–Crippen MR) is 38.5 cm³/mol. The zero-order valence-electron chi connectivity index (χ0n) is 6.17. The van der Waals surface area contributed by atoms with Gasteiger partial charge in [0.2, 0.25) is 0 Å². The van der Waals surface area contributed by atoms with Gasteiger partial charge in [-0.05, 0) is 25.8 Å². The average molecular weight is 140 g/mol. The van der Waals surface area contributed by atoms with Crippen molar-refractivity contribution in [3.05, 3.63) is 12.2 Å². The molecule has 0 amide bonds. The molecule has 1 atom stereocenters. The fourth-order valence-electron chi connectivity index (χ4n) is 1.08. The Balaban J connectivity index is 2.39. The highest BCUT2D eigenvalue weighted by Gasteiger charge is 2.16. The molecule has 0 aliphatic carbocycles. The third kappa shape index (κ3) is 1.87. The molecule has 0 bridgehead atoms. The summed E-state index contributed by atoms with van der Waals surface area (Å²) in [6.07, 6.45) is 6.43. The Morgan fingerprint density at radius 3 is 3.10 bits per heavy atom. The Hall–Kier alpha value is -0.790. The van der Waals surface area contributed by atoms with E-state index in [1.807, 2.05) is 19.1 Å². The Bertz CT molecular complexity index is 149. The molecule has 1 unspecified atom stereocenters. The number of hydrogen-bond acceptors (Lipinski definition) is 2. The molecule has 1 fully saturated rings. The summed E-state index contributed by atoms with van der Waals surface area (Å²) < 4.78 is 5.00. The normalized spacial score (nSPS) is 26.9. The van der Waals surface area contributed by atoms with Crippen molar-refractivity contribution in [1.29, 1.82) is 0 Å². The molecule has 1 saturated heterocycles. The van der Waals surface area contributed by atoms with Gasteiger partial charge in [-0.3, -0.25) is 4.79 Å². The van der Waals surface area contributed by atoms with Crippen LogP contribution in [0.25, 0.3) is 0 Å². The maximum Gasteiger partial charge on any atom is 0.306 e. The monoisotopic (exact) mass is 140 g/mol. The van der Waals surface area contributed by atoms with Crippen LogP contribution in [0.4, 0.5) is 0 Å². The van der Waals surface area contributed by atoms with E-state index in [2.05, 4.69) is 0 Å². The molecule has 2 heteroatoms. The fourth-order valence-corrected chi connectivity index (χ4v) is 1.08. The van der Waals surface area contributed by atoms with Crippen molar-refractivity contribution in [1.82, 2.24) is 0 Å². The van der Waals surface area contributed by atoms with Crippen LogP contribution in [0.1, 0.15) is 26.2 Å². The van der Waals surface area contributed by atoms with E-state index in [9.17, 15) is 4.79 Å². The van der Waals surface area contributed by atoms with Gasteiger partial charge in [0.25, 0.3) is 0 Å². The highest BCUT2D eigenvalue weighted by atomic mass is 16.5. The Kier molecular flexibility index (Phi) is 2.49. The summed E-state index contributed by atoms with van der Waals surface area (Å²) in [7, 11) is 0. The van der Waals surface area contributed by atoms with Crippen molar-refractivity contribution in [3.8, 4) is 0 Å². The zero-order valence-corrected chi connectivity index (χ0v) is 6.17. The fraction of sp³-hybridized carbons (Fsp3) is 0.625. The van der Waals surface area contributed by atoms with Crippen molar-refractivity contribution in [2.24, 2.45) is 0 Å². The molecular formula is C8H12O2. The average Bonchev–Trinajstić information content (AvgIpc) is 1.88. The third-order valence-electron chi connectivity index (χ3n) is 1.56. The summed E-state index contributed by atoms with van der Waals surface area (Å²) in [6.45, 7) is 1.93. The molecule has 2 nitrogen and oxygen atoms in total. The Morgan fingerprint density at radius 2 is 2.50 bits per heavy atom. The molecule has 1 aliphatic rings. The Labute approximate surface area is 60.9 Å². The lowest BCUT2D eigenvalue weighted by Crippen LogP contribution is -2.21. The van der Waals surface area contributed by atoms with Gasteiger partial charge in [0, 0.05) is 6.42 Å². The molecule has 0 saturated carbocycles. The Morgan fingerprint density at radius 1 is 1.70 bits per heavy atom. The van der Waals surface area contributed by atoms with Crippen molar-refractivity contribution in [3.63, 3.8) is 0 Å². The molecule has 0 aromatic rings. The summed E-state index contributed by atoms with van der Waals surface area (Å²) in [5.41, 5.74) is 0. The first kappa shape index (κ1) is 7.32. The topological polar surface area (TPSA) is 26.3 Å². The van der Waals surface area contributed by atoms with Crippen LogP contribution in [0.3, 0.4) is 0 Å². The first-order chi connectivity index (χ1) is 4.83. The van der Waals surface area contributed by atoms with Crippen LogP contribution in [0.15, 0.2) is 12.2 Å². The summed E-state index contributed by atoms with van der Waals surface area (Å²) in [5, 5.41) is 0. The zero-order chi connectivity index (χ0) is 7.40. The van der Waals surface area contributed by atoms with E-state index in [0.29, 0.717) is 6.42 Å². The lowest BCUT2D eigenvalue weighted by atomic mass is 10.1. The smallest absolute Gasteiger partial charge is 0.306 e. The molecule has 56 valence electrons. The third-order valence-corrected chi connectivity index (χ3v) is 1.56. The lowest BCUT2D eigenvalue weighted by molar-refractivity contribution is -0.150. The molecule has 0 aromatic carbocycles. The number of allylic oxidation sites excluding steroid dienone is 1. The number of rotatable bonds is 1. The summed E-state index contributed by atoms with van der Waals surface area (Å²) in [6, 6.07) is 0. The van der Waals surface area contributed by atoms with E-state index in [-0.39, 0.29) is 12.1 Å². The number of carbonyl (C=O) groups excluding carboxylic acids is 1. The minimum atomic E-state index is -0.0608. The van der Waals surface area contributed by atoms with Crippen LogP contribution in [0.2, 0.25) is 0 Å². The van der Waals surface area contributed by atoms with Crippen molar-refractivity contribution in [2.45, 2.75) is 32.3 Å². The molecule has 1 rings (SSSR count). The van der Waals surface area contributed by atoms with Gasteiger partial charge < -0.3 is 4.74 Å². The molecule has 0 radical (unpaired) electrons. The van der Waals surface area contributed by atoms with Crippen LogP contribution in [0.5, 0.6) is 0 Å². The summed E-state index contributed by atoms with van der Waals surface area (Å²) in [4.78, 5) is 10.7. The van der Waals surface area contributed by atoms with Gasteiger partial charge in [0.05, 0.1) is 0 Å². The van der Waals surface area contributed by atoms with Gasteiger partial charge in [-0.2, -0.15) is 0 Å². The largest absolute Gasteiger partial charge is 0.458 e. The first-order valence-electron chi connectivity index (χ1n) is 3.65. The van der Waals surface area contributed by atoms with Gasteiger partial charge >= 0.3 is 5.97 Å². The van der Waals surface area contributed by atoms with Crippen LogP contribution >= 0.6 is 0 Å². The number of esters is 1. The number of cyclic esters (lactones) is 1. The molecule has 1 heterocycles. The standard InChI is InChI=1S/C8H12O2/c1-2-4-7-5-3-6-8(9)10-7/h2,4,7H,3,5-6H2,1H3. The maximum atomic E-state index is 10.7. The number of ether oxygens (including phenoxy) is 1. The minimum Gasteiger partial charge on any atom is -0.458 e. The van der Waals surface area contributed by atoms with Crippen LogP contribution in [-0.4, -0.2) is 12.1 Å². The molecule has 10 heavy (non-hydrogen) atoms. The molecule has 0 spiro atoms. The highest BCUT2D eigenvalue weighted by Crippen LogP contribution is 2.14.